The van der Waals surface area contributed by atoms with E-state index in [1.807, 2.05) is 38.1 Å². The van der Waals surface area contributed by atoms with Crippen molar-refractivity contribution in [2.24, 2.45) is 0 Å². The average molecular weight is 306 g/mol. The molecule has 0 spiro atoms. The molecule has 0 amide bonds. The number of halogens is 2. The van der Waals surface area contributed by atoms with Crippen LogP contribution < -0.4 is 10.6 Å². The summed E-state index contributed by atoms with van der Waals surface area (Å²) in [6.07, 6.45) is 0. The molecule has 0 aromatic heterocycles. The molecule has 0 aliphatic carbocycles. The van der Waals surface area contributed by atoms with Crippen LogP contribution in [0.25, 0.3) is 0 Å². The smallest absolute Gasteiger partial charge is 0.171 e. The minimum atomic E-state index is -0.908. The molecule has 2 rings (SSSR count). The zero-order valence-electron chi connectivity index (χ0n) is 11.8. The molecule has 0 aliphatic heterocycles. The molecular formula is C16H16F2N2S. The lowest BCUT2D eigenvalue weighted by Gasteiger charge is -2.17. The van der Waals surface area contributed by atoms with Crippen molar-refractivity contribution in [1.29, 1.82) is 0 Å². The van der Waals surface area contributed by atoms with Gasteiger partial charge in [-0.05, 0) is 43.8 Å². The molecule has 0 heterocycles. The van der Waals surface area contributed by atoms with Gasteiger partial charge in [0.25, 0.3) is 0 Å². The maximum absolute atomic E-state index is 13.1. The molecule has 0 saturated heterocycles. The first-order valence-corrected chi connectivity index (χ1v) is 6.95. The third-order valence-corrected chi connectivity index (χ3v) is 3.32. The molecule has 110 valence electrons. The van der Waals surface area contributed by atoms with Crippen LogP contribution in [-0.2, 0) is 0 Å². The highest BCUT2D eigenvalue weighted by Crippen LogP contribution is 2.15. The van der Waals surface area contributed by atoms with E-state index in [9.17, 15) is 8.78 Å². The zero-order chi connectivity index (χ0) is 15.4. The van der Waals surface area contributed by atoms with Gasteiger partial charge in [0.2, 0.25) is 0 Å². The van der Waals surface area contributed by atoms with Crippen molar-refractivity contribution in [3.63, 3.8) is 0 Å². The van der Waals surface area contributed by atoms with Crippen molar-refractivity contribution in [2.75, 3.05) is 5.32 Å². The second-order valence-electron chi connectivity index (χ2n) is 4.86. The molecule has 0 fully saturated rings. The summed E-state index contributed by atoms with van der Waals surface area (Å²) in [4.78, 5) is 0. The third kappa shape index (κ3) is 4.23. The molecule has 0 aliphatic rings. The summed E-state index contributed by atoms with van der Waals surface area (Å²) in [5.41, 5.74) is 2.69. The minimum absolute atomic E-state index is 0.0101. The third-order valence-electron chi connectivity index (χ3n) is 3.10. The van der Waals surface area contributed by atoms with Gasteiger partial charge in [-0.3, -0.25) is 0 Å². The Kier molecular flexibility index (Phi) is 4.85. The van der Waals surface area contributed by atoms with Gasteiger partial charge in [-0.1, -0.05) is 29.8 Å². The van der Waals surface area contributed by atoms with E-state index in [4.69, 9.17) is 12.2 Å². The van der Waals surface area contributed by atoms with E-state index < -0.39 is 11.6 Å². The quantitative estimate of drug-likeness (QED) is 0.826. The fraction of sp³-hybridized carbons (Fsp3) is 0.188. The first kappa shape index (κ1) is 15.4. The first-order chi connectivity index (χ1) is 9.95. The highest BCUT2D eigenvalue weighted by Gasteiger charge is 2.08. The van der Waals surface area contributed by atoms with E-state index in [0.717, 1.165) is 17.7 Å². The van der Waals surface area contributed by atoms with Gasteiger partial charge < -0.3 is 10.6 Å². The van der Waals surface area contributed by atoms with Crippen LogP contribution in [0.3, 0.4) is 0 Å². The number of hydrogen-bond acceptors (Lipinski definition) is 1. The van der Waals surface area contributed by atoms with Gasteiger partial charge in [0.15, 0.2) is 16.7 Å². The largest absolute Gasteiger partial charge is 0.356 e. The van der Waals surface area contributed by atoms with Crippen LogP contribution in [0.15, 0.2) is 42.5 Å². The van der Waals surface area contributed by atoms with Crippen LogP contribution in [0.2, 0.25) is 0 Å². The molecule has 1 atom stereocenters. The number of anilines is 1. The van der Waals surface area contributed by atoms with Crippen LogP contribution in [0.1, 0.15) is 24.1 Å². The highest BCUT2D eigenvalue weighted by atomic mass is 32.1. The molecule has 0 bridgehead atoms. The van der Waals surface area contributed by atoms with Crippen molar-refractivity contribution >= 4 is 23.0 Å². The first-order valence-electron chi connectivity index (χ1n) is 6.55. The van der Waals surface area contributed by atoms with E-state index in [2.05, 4.69) is 10.6 Å². The summed E-state index contributed by atoms with van der Waals surface area (Å²) < 4.78 is 26.0. The van der Waals surface area contributed by atoms with Crippen molar-refractivity contribution in [2.45, 2.75) is 19.9 Å². The summed E-state index contributed by atoms with van der Waals surface area (Å²) >= 11 is 5.18. The number of thiocarbonyl (C=S) groups is 1. The molecule has 2 N–H and O–H groups in total. The summed E-state index contributed by atoms with van der Waals surface area (Å²) in [5, 5.41) is 6.29. The Bertz CT molecular complexity index is 641. The Morgan fingerprint density at radius 1 is 1.05 bits per heavy atom. The van der Waals surface area contributed by atoms with E-state index in [-0.39, 0.29) is 6.04 Å². The van der Waals surface area contributed by atoms with Crippen LogP contribution in [0.5, 0.6) is 0 Å². The van der Waals surface area contributed by atoms with Gasteiger partial charge >= 0.3 is 0 Å². The second-order valence-corrected chi connectivity index (χ2v) is 5.27. The molecule has 0 unspecified atom stereocenters. The molecule has 2 aromatic rings. The predicted molar refractivity (Wildman–Crippen MR) is 85.3 cm³/mol. The maximum atomic E-state index is 13.1. The van der Waals surface area contributed by atoms with Crippen molar-refractivity contribution in [1.82, 2.24) is 5.32 Å². The van der Waals surface area contributed by atoms with Crippen LogP contribution in [0.4, 0.5) is 14.5 Å². The van der Waals surface area contributed by atoms with Gasteiger partial charge in [-0.25, -0.2) is 8.78 Å². The Morgan fingerprint density at radius 2 is 1.71 bits per heavy atom. The molecule has 0 radical (unpaired) electrons. The number of aryl methyl sites for hydroxylation is 1. The zero-order valence-corrected chi connectivity index (χ0v) is 12.6. The summed E-state index contributed by atoms with van der Waals surface area (Å²) in [7, 11) is 0. The van der Waals surface area contributed by atoms with Crippen molar-refractivity contribution < 1.29 is 8.78 Å². The summed E-state index contributed by atoms with van der Waals surface area (Å²) in [5.74, 6) is -1.79. The number of benzene rings is 2. The van der Waals surface area contributed by atoms with E-state index in [1.165, 1.54) is 11.6 Å². The van der Waals surface area contributed by atoms with Gasteiger partial charge in [0.1, 0.15) is 0 Å². The number of hydrogen-bond donors (Lipinski definition) is 2. The second kappa shape index (κ2) is 6.63. The molecule has 2 nitrogen and oxygen atoms in total. The lowest BCUT2D eigenvalue weighted by molar-refractivity contribution is 0.509. The summed E-state index contributed by atoms with van der Waals surface area (Å²) in [6, 6.07) is 11.7. The lowest BCUT2D eigenvalue weighted by Crippen LogP contribution is -2.30. The minimum Gasteiger partial charge on any atom is -0.356 e. The molecule has 5 heteroatoms. The Balaban J connectivity index is 1.97. The predicted octanol–water partition coefficient (Wildman–Crippen LogP) is 4.32. The topological polar surface area (TPSA) is 24.1 Å². The van der Waals surface area contributed by atoms with Crippen LogP contribution in [0, 0.1) is 18.6 Å². The number of rotatable bonds is 3. The Labute approximate surface area is 128 Å². The Hall–Kier alpha value is -2.01. The van der Waals surface area contributed by atoms with Gasteiger partial charge in [-0.2, -0.15) is 0 Å². The molecular weight excluding hydrogens is 290 g/mol. The van der Waals surface area contributed by atoms with Crippen LogP contribution in [-0.4, -0.2) is 5.11 Å². The standard InChI is InChI=1S/C16H16F2N2S/c1-10-3-5-12(6-4-10)11(2)19-16(21)20-13-7-8-14(17)15(18)9-13/h3-9,11H,1-2H3,(H2,19,20,21)/t11-/m1/s1. The normalized spacial score (nSPS) is 11.8. The average Bonchev–Trinajstić information content (AvgIpc) is 2.43. The van der Waals surface area contributed by atoms with Crippen LogP contribution >= 0.6 is 12.2 Å². The fourth-order valence-corrected chi connectivity index (χ4v) is 2.17. The SMILES string of the molecule is Cc1ccc([C@@H](C)NC(=S)Nc2ccc(F)c(F)c2)cc1. The van der Waals surface area contributed by atoms with Gasteiger partial charge in [0.05, 0.1) is 6.04 Å². The number of nitrogens with one attached hydrogen (secondary N) is 2. The highest BCUT2D eigenvalue weighted by molar-refractivity contribution is 7.80. The van der Waals surface area contributed by atoms with Gasteiger partial charge in [-0.15, -0.1) is 0 Å². The summed E-state index contributed by atoms with van der Waals surface area (Å²) in [6.45, 7) is 4.00. The molecule has 2 aromatic carbocycles. The van der Waals surface area contributed by atoms with Crippen molar-refractivity contribution in [3.8, 4) is 0 Å². The molecule has 21 heavy (non-hydrogen) atoms. The maximum Gasteiger partial charge on any atom is 0.171 e. The Morgan fingerprint density at radius 3 is 2.33 bits per heavy atom. The lowest BCUT2D eigenvalue weighted by atomic mass is 10.1. The van der Waals surface area contributed by atoms with E-state index in [1.54, 1.807) is 0 Å². The fourth-order valence-electron chi connectivity index (χ4n) is 1.88. The van der Waals surface area contributed by atoms with E-state index in [0.29, 0.717) is 10.8 Å². The van der Waals surface area contributed by atoms with Gasteiger partial charge in [0, 0.05) is 11.8 Å². The molecule has 0 saturated carbocycles. The monoisotopic (exact) mass is 306 g/mol. The van der Waals surface area contributed by atoms with Crippen molar-refractivity contribution in [3.05, 3.63) is 65.2 Å². The van der Waals surface area contributed by atoms with E-state index >= 15 is 0 Å².